The van der Waals surface area contributed by atoms with E-state index in [1.807, 2.05) is 0 Å². The van der Waals surface area contributed by atoms with Crippen molar-refractivity contribution in [3.63, 3.8) is 0 Å². The molecule has 0 radical (unpaired) electrons. The van der Waals surface area contributed by atoms with Gasteiger partial charge in [0.05, 0.1) is 0 Å². The molecule has 0 fully saturated rings. The average molecular weight is 235 g/mol. The summed E-state index contributed by atoms with van der Waals surface area (Å²) in [6.45, 7) is 9.60. The van der Waals surface area contributed by atoms with Gasteiger partial charge in [-0.25, -0.2) is 0 Å². The van der Waals surface area contributed by atoms with Crippen LogP contribution >= 0.6 is 11.3 Å². The van der Waals surface area contributed by atoms with Crippen molar-refractivity contribution in [1.82, 2.24) is 5.32 Å². The Kier molecular flexibility index (Phi) is 2.41. The third kappa shape index (κ3) is 1.46. The van der Waals surface area contributed by atoms with E-state index in [2.05, 4.69) is 37.4 Å². The van der Waals surface area contributed by atoms with E-state index in [0.717, 1.165) is 5.92 Å². The first-order chi connectivity index (χ1) is 7.59. The normalized spacial score (nSPS) is 27.3. The maximum Gasteiger partial charge on any atom is 0.0117 e. The van der Waals surface area contributed by atoms with Crippen molar-refractivity contribution in [3.8, 4) is 0 Å². The third-order valence-electron chi connectivity index (χ3n) is 4.14. The standard InChI is InChI=1S/C14H21NS/c1-9-8-14(2,3)12-10-4-6-15-7-5-11(10)16-13(9)12/h9,15H,4-8H2,1-3H3. The predicted molar refractivity (Wildman–Crippen MR) is 70.7 cm³/mol. The Morgan fingerprint density at radius 3 is 2.81 bits per heavy atom. The van der Waals surface area contributed by atoms with E-state index in [4.69, 9.17) is 0 Å². The molecule has 1 N–H and O–H groups in total. The number of rotatable bonds is 0. The topological polar surface area (TPSA) is 12.0 Å². The van der Waals surface area contributed by atoms with Crippen molar-refractivity contribution >= 4 is 11.3 Å². The molecule has 2 heterocycles. The molecule has 1 aromatic heterocycles. The van der Waals surface area contributed by atoms with Gasteiger partial charge in [-0.05, 0) is 54.8 Å². The first-order valence-electron chi connectivity index (χ1n) is 6.45. The number of fused-ring (bicyclic) bond motifs is 3. The zero-order chi connectivity index (χ0) is 11.3. The Bertz CT molecular complexity index is 417. The van der Waals surface area contributed by atoms with Gasteiger partial charge in [-0.15, -0.1) is 11.3 Å². The van der Waals surface area contributed by atoms with Gasteiger partial charge in [0, 0.05) is 9.75 Å². The van der Waals surface area contributed by atoms with E-state index in [-0.39, 0.29) is 0 Å². The Labute approximate surface area is 102 Å². The molecule has 1 aliphatic heterocycles. The fraction of sp³-hybridized carbons (Fsp3) is 0.714. The molecule has 0 aromatic carbocycles. The van der Waals surface area contributed by atoms with Gasteiger partial charge in [-0.1, -0.05) is 20.8 Å². The monoisotopic (exact) mass is 235 g/mol. The molecule has 2 aliphatic rings. The summed E-state index contributed by atoms with van der Waals surface area (Å²) in [4.78, 5) is 3.38. The zero-order valence-corrected chi connectivity index (χ0v) is 11.3. The van der Waals surface area contributed by atoms with Crippen LogP contribution in [0.25, 0.3) is 0 Å². The minimum atomic E-state index is 0.420. The van der Waals surface area contributed by atoms with Gasteiger partial charge >= 0.3 is 0 Å². The second kappa shape index (κ2) is 3.58. The number of thiophene rings is 1. The Balaban J connectivity index is 2.15. The summed E-state index contributed by atoms with van der Waals surface area (Å²) in [5, 5.41) is 3.52. The third-order valence-corrected chi connectivity index (χ3v) is 5.66. The van der Waals surface area contributed by atoms with E-state index < -0.39 is 0 Å². The van der Waals surface area contributed by atoms with Gasteiger partial charge in [0.15, 0.2) is 0 Å². The van der Waals surface area contributed by atoms with Crippen LogP contribution < -0.4 is 5.32 Å². The molecule has 3 rings (SSSR count). The molecule has 1 unspecified atom stereocenters. The highest BCUT2D eigenvalue weighted by Crippen LogP contribution is 2.52. The highest BCUT2D eigenvalue weighted by Gasteiger charge is 2.39. The lowest BCUT2D eigenvalue weighted by atomic mass is 9.83. The highest BCUT2D eigenvalue weighted by molar-refractivity contribution is 7.12. The summed E-state index contributed by atoms with van der Waals surface area (Å²) in [7, 11) is 0. The second-order valence-corrected chi connectivity index (χ2v) is 7.12. The SMILES string of the molecule is CC1CC(C)(C)c2c1sc1c2CCNCC1. The van der Waals surface area contributed by atoms with Crippen LogP contribution in [0.1, 0.15) is 54.0 Å². The summed E-state index contributed by atoms with van der Waals surface area (Å²) >= 11 is 2.11. The van der Waals surface area contributed by atoms with Gasteiger partial charge in [0.25, 0.3) is 0 Å². The Morgan fingerprint density at radius 1 is 1.25 bits per heavy atom. The minimum absolute atomic E-state index is 0.420. The maximum absolute atomic E-state index is 3.52. The van der Waals surface area contributed by atoms with Crippen molar-refractivity contribution in [1.29, 1.82) is 0 Å². The fourth-order valence-corrected chi connectivity index (χ4v) is 5.17. The summed E-state index contributed by atoms with van der Waals surface area (Å²) in [5.41, 5.74) is 3.85. The van der Waals surface area contributed by atoms with Gasteiger partial charge in [-0.2, -0.15) is 0 Å². The molecule has 1 nitrogen and oxygen atoms in total. The van der Waals surface area contributed by atoms with Gasteiger partial charge < -0.3 is 5.32 Å². The minimum Gasteiger partial charge on any atom is -0.316 e. The van der Waals surface area contributed by atoms with Crippen LogP contribution in [0.4, 0.5) is 0 Å². The summed E-state index contributed by atoms with van der Waals surface area (Å²) in [5.74, 6) is 0.787. The first kappa shape index (κ1) is 10.8. The molecule has 1 atom stereocenters. The zero-order valence-electron chi connectivity index (χ0n) is 10.5. The molecule has 1 aliphatic carbocycles. The van der Waals surface area contributed by atoms with E-state index >= 15 is 0 Å². The predicted octanol–water partition coefficient (Wildman–Crippen LogP) is 3.22. The smallest absolute Gasteiger partial charge is 0.0117 e. The van der Waals surface area contributed by atoms with Crippen LogP contribution in [0.15, 0.2) is 0 Å². The van der Waals surface area contributed by atoms with Crippen LogP contribution in [0.5, 0.6) is 0 Å². The van der Waals surface area contributed by atoms with Crippen molar-refractivity contribution in [2.45, 2.75) is 51.4 Å². The average Bonchev–Trinajstić information content (AvgIpc) is 2.56. The van der Waals surface area contributed by atoms with Crippen molar-refractivity contribution in [2.75, 3.05) is 13.1 Å². The largest absolute Gasteiger partial charge is 0.316 e. The summed E-state index contributed by atoms with van der Waals surface area (Å²) < 4.78 is 0. The molecule has 0 saturated heterocycles. The van der Waals surface area contributed by atoms with Crippen LogP contribution in [0.3, 0.4) is 0 Å². The van der Waals surface area contributed by atoms with Crippen LogP contribution in [0, 0.1) is 0 Å². The highest BCUT2D eigenvalue weighted by atomic mass is 32.1. The molecule has 88 valence electrons. The van der Waals surface area contributed by atoms with Crippen molar-refractivity contribution in [2.24, 2.45) is 0 Å². The fourth-order valence-electron chi connectivity index (χ4n) is 3.59. The number of hydrogen-bond donors (Lipinski definition) is 1. The van der Waals surface area contributed by atoms with Crippen LogP contribution in [0.2, 0.25) is 0 Å². The van der Waals surface area contributed by atoms with E-state index in [0.29, 0.717) is 5.41 Å². The molecular formula is C14H21NS. The van der Waals surface area contributed by atoms with Gasteiger partial charge in [0.2, 0.25) is 0 Å². The Morgan fingerprint density at radius 2 is 2.00 bits per heavy atom. The second-order valence-electron chi connectivity index (χ2n) is 5.98. The molecule has 0 amide bonds. The van der Waals surface area contributed by atoms with Crippen molar-refractivity contribution in [3.05, 3.63) is 20.9 Å². The van der Waals surface area contributed by atoms with E-state index in [1.54, 1.807) is 20.9 Å². The van der Waals surface area contributed by atoms with Crippen molar-refractivity contribution < 1.29 is 0 Å². The van der Waals surface area contributed by atoms with Crippen LogP contribution in [-0.4, -0.2) is 13.1 Å². The molecule has 1 aromatic rings. The molecule has 2 heteroatoms. The quantitative estimate of drug-likeness (QED) is 0.728. The lowest BCUT2D eigenvalue weighted by Gasteiger charge is -2.21. The van der Waals surface area contributed by atoms with Crippen LogP contribution in [-0.2, 0) is 18.3 Å². The maximum atomic E-state index is 3.52. The molecule has 0 saturated carbocycles. The number of hydrogen-bond acceptors (Lipinski definition) is 2. The summed E-state index contributed by atoms with van der Waals surface area (Å²) in [6.07, 6.45) is 3.84. The van der Waals surface area contributed by atoms with E-state index in [9.17, 15) is 0 Å². The molecular weight excluding hydrogens is 214 g/mol. The molecule has 0 spiro atoms. The van der Waals surface area contributed by atoms with Gasteiger partial charge in [-0.3, -0.25) is 0 Å². The number of nitrogens with one attached hydrogen (secondary N) is 1. The lowest BCUT2D eigenvalue weighted by molar-refractivity contribution is 0.486. The molecule has 16 heavy (non-hydrogen) atoms. The summed E-state index contributed by atoms with van der Waals surface area (Å²) in [6, 6.07) is 0. The first-order valence-corrected chi connectivity index (χ1v) is 7.27. The van der Waals surface area contributed by atoms with E-state index in [1.165, 1.54) is 32.4 Å². The molecule has 0 bridgehead atoms. The lowest BCUT2D eigenvalue weighted by Crippen LogP contribution is -2.18. The Hall–Kier alpha value is -0.340. The van der Waals surface area contributed by atoms with Gasteiger partial charge in [0.1, 0.15) is 0 Å².